The summed E-state index contributed by atoms with van der Waals surface area (Å²) in [5.74, 6) is 1.22. The third kappa shape index (κ3) is 2.61. The summed E-state index contributed by atoms with van der Waals surface area (Å²) in [7, 11) is 0. The van der Waals surface area contributed by atoms with Crippen LogP contribution in [0.3, 0.4) is 0 Å². The maximum Gasteiger partial charge on any atom is 0.258 e. The van der Waals surface area contributed by atoms with Crippen molar-refractivity contribution >= 4 is 28.9 Å². The summed E-state index contributed by atoms with van der Waals surface area (Å²) < 4.78 is 10.7. The molecule has 3 rings (SSSR count). The molecule has 1 aliphatic heterocycles. The highest BCUT2D eigenvalue weighted by atomic mass is 35.5. The molecule has 2 N–H and O–H groups in total. The normalized spacial score (nSPS) is 19.2. The lowest BCUT2D eigenvalue weighted by molar-refractivity contribution is 0.0773. The molecule has 1 saturated heterocycles. The van der Waals surface area contributed by atoms with E-state index >= 15 is 0 Å². The highest BCUT2D eigenvalue weighted by Gasteiger charge is 2.22. The molecule has 0 spiro atoms. The molecule has 5 nitrogen and oxygen atoms in total. The van der Waals surface area contributed by atoms with Gasteiger partial charge in [-0.3, -0.25) is 0 Å². The van der Waals surface area contributed by atoms with Gasteiger partial charge in [-0.15, -0.1) is 0 Å². The Morgan fingerprint density at radius 3 is 2.65 bits per heavy atom. The molecule has 106 valence electrons. The summed E-state index contributed by atoms with van der Waals surface area (Å²) in [5, 5.41) is 4.75. The van der Waals surface area contributed by atoms with Gasteiger partial charge in [-0.25, -0.2) is 0 Å². The number of nitrogen functional groups attached to an aromatic ring is 1. The number of ether oxygens (including phenoxy) is 1. The molecule has 7 heteroatoms. The molecule has 1 fully saturated rings. The van der Waals surface area contributed by atoms with Crippen LogP contribution in [0.2, 0.25) is 10.0 Å². The number of nitrogens with two attached hydrogens (primary N) is 1. The SMILES string of the molecule is Nc1c(Cl)cc(-c2nc(C3CCCOC3)no2)cc1Cl. The molecule has 0 radical (unpaired) electrons. The van der Waals surface area contributed by atoms with Crippen molar-refractivity contribution in [1.29, 1.82) is 0 Å². The van der Waals surface area contributed by atoms with Gasteiger partial charge in [-0.1, -0.05) is 28.4 Å². The fourth-order valence-electron chi connectivity index (χ4n) is 2.17. The van der Waals surface area contributed by atoms with Crippen molar-refractivity contribution < 1.29 is 9.26 Å². The molecule has 2 heterocycles. The number of hydrogen-bond acceptors (Lipinski definition) is 5. The van der Waals surface area contributed by atoms with Crippen LogP contribution >= 0.6 is 23.2 Å². The smallest absolute Gasteiger partial charge is 0.258 e. The predicted molar refractivity (Wildman–Crippen MR) is 77.0 cm³/mol. The minimum atomic E-state index is 0.181. The van der Waals surface area contributed by atoms with E-state index in [1.807, 2.05) is 0 Å². The number of benzene rings is 1. The zero-order valence-corrected chi connectivity index (χ0v) is 12.1. The quantitative estimate of drug-likeness (QED) is 0.859. The number of nitrogens with zero attached hydrogens (tertiary/aromatic N) is 2. The lowest BCUT2D eigenvalue weighted by atomic mass is 10.0. The monoisotopic (exact) mass is 313 g/mol. The lowest BCUT2D eigenvalue weighted by Crippen LogP contribution is -2.16. The molecule has 1 atom stereocenters. The Hall–Kier alpha value is -1.30. The standard InChI is InChI=1S/C13H13Cl2N3O2/c14-9-4-8(5-10(15)11(9)16)13-17-12(18-20-13)7-2-1-3-19-6-7/h4-5,7H,1-3,6,16H2. The molecular formula is C13H13Cl2N3O2. The van der Waals surface area contributed by atoms with Gasteiger partial charge in [0.2, 0.25) is 0 Å². The van der Waals surface area contributed by atoms with Crippen LogP contribution in [0.15, 0.2) is 16.7 Å². The Morgan fingerprint density at radius 2 is 2.00 bits per heavy atom. The van der Waals surface area contributed by atoms with Crippen molar-refractivity contribution in [3.05, 3.63) is 28.0 Å². The van der Waals surface area contributed by atoms with Crippen LogP contribution in [0, 0.1) is 0 Å². The summed E-state index contributed by atoms with van der Waals surface area (Å²) in [5.41, 5.74) is 6.71. The van der Waals surface area contributed by atoms with Crippen LogP contribution in [0.1, 0.15) is 24.6 Å². The van der Waals surface area contributed by atoms with Crippen LogP contribution in [-0.2, 0) is 4.74 Å². The van der Waals surface area contributed by atoms with Crippen LogP contribution in [0.5, 0.6) is 0 Å². The highest BCUT2D eigenvalue weighted by Crippen LogP contribution is 2.33. The molecule has 0 saturated carbocycles. The minimum absolute atomic E-state index is 0.181. The van der Waals surface area contributed by atoms with E-state index in [9.17, 15) is 0 Å². The molecule has 1 unspecified atom stereocenters. The zero-order valence-electron chi connectivity index (χ0n) is 10.6. The summed E-state index contributed by atoms with van der Waals surface area (Å²) in [6.07, 6.45) is 2.01. The number of hydrogen-bond donors (Lipinski definition) is 1. The van der Waals surface area contributed by atoms with Gasteiger partial charge in [0.15, 0.2) is 5.82 Å². The topological polar surface area (TPSA) is 74.2 Å². The minimum Gasteiger partial charge on any atom is -0.396 e. The third-order valence-corrected chi connectivity index (χ3v) is 3.92. The van der Waals surface area contributed by atoms with Gasteiger partial charge < -0.3 is 15.0 Å². The second-order valence-electron chi connectivity index (χ2n) is 4.73. The second-order valence-corrected chi connectivity index (χ2v) is 5.54. The van der Waals surface area contributed by atoms with E-state index in [1.54, 1.807) is 12.1 Å². The van der Waals surface area contributed by atoms with Gasteiger partial charge in [-0.05, 0) is 25.0 Å². The number of anilines is 1. The van der Waals surface area contributed by atoms with Crippen LogP contribution in [-0.4, -0.2) is 23.4 Å². The molecular weight excluding hydrogens is 301 g/mol. The molecule has 1 aliphatic rings. The second kappa shape index (κ2) is 5.60. The average molecular weight is 314 g/mol. The Bertz CT molecular complexity index is 601. The Kier molecular flexibility index (Phi) is 3.83. The van der Waals surface area contributed by atoms with Gasteiger partial charge >= 0.3 is 0 Å². The average Bonchev–Trinajstić information content (AvgIpc) is 2.95. The Balaban J connectivity index is 1.89. The molecule has 2 aromatic rings. The molecule has 0 bridgehead atoms. The summed E-state index contributed by atoms with van der Waals surface area (Å²) >= 11 is 12.0. The first-order valence-corrected chi connectivity index (χ1v) is 7.07. The van der Waals surface area contributed by atoms with Gasteiger partial charge in [0.1, 0.15) is 0 Å². The predicted octanol–water partition coefficient (Wildman–Crippen LogP) is 3.52. The van der Waals surface area contributed by atoms with Gasteiger partial charge in [0.05, 0.1) is 22.3 Å². The number of rotatable bonds is 2. The van der Waals surface area contributed by atoms with Gasteiger partial charge in [0, 0.05) is 18.1 Å². The third-order valence-electron chi connectivity index (χ3n) is 3.29. The van der Waals surface area contributed by atoms with Crippen LogP contribution in [0.25, 0.3) is 11.5 Å². The molecule has 0 aliphatic carbocycles. The van der Waals surface area contributed by atoms with Crippen molar-refractivity contribution in [3.63, 3.8) is 0 Å². The lowest BCUT2D eigenvalue weighted by Gasteiger charge is -2.18. The van der Waals surface area contributed by atoms with Crippen molar-refractivity contribution in [2.75, 3.05) is 18.9 Å². The summed E-state index contributed by atoms with van der Waals surface area (Å²) in [6.45, 7) is 1.42. The van der Waals surface area contributed by atoms with Crippen LogP contribution in [0.4, 0.5) is 5.69 Å². The Morgan fingerprint density at radius 1 is 1.25 bits per heavy atom. The van der Waals surface area contributed by atoms with Crippen molar-refractivity contribution in [3.8, 4) is 11.5 Å². The molecule has 1 aromatic heterocycles. The summed E-state index contributed by atoms with van der Waals surface area (Å²) in [4.78, 5) is 4.40. The fourth-order valence-corrected chi connectivity index (χ4v) is 2.66. The van der Waals surface area contributed by atoms with Gasteiger partial charge in [0.25, 0.3) is 5.89 Å². The van der Waals surface area contributed by atoms with Crippen LogP contribution < -0.4 is 5.73 Å². The van der Waals surface area contributed by atoms with E-state index < -0.39 is 0 Å². The molecule has 20 heavy (non-hydrogen) atoms. The van der Waals surface area contributed by atoms with Crippen molar-refractivity contribution in [1.82, 2.24) is 10.1 Å². The van der Waals surface area contributed by atoms with E-state index in [0.717, 1.165) is 19.4 Å². The number of aromatic nitrogens is 2. The zero-order chi connectivity index (χ0) is 14.1. The maximum atomic E-state index is 6.01. The fraction of sp³-hybridized carbons (Fsp3) is 0.385. The van der Waals surface area contributed by atoms with E-state index in [2.05, 4.69) is 10.1 Å². The maximum absolute atomic E-state index is 6.01. The first kappa shape index (κ1) is 13.7. The highest BCUT2D eigenvalue weighted by molar-refractivity contribution is 6.39. The van der Waals surface area contributed by atoms with E-state index in [1.165, 1.54) is 0 Å². The van der Waals surface area contributed by atoms with Crippen molar-refractivity contribution in [2.45, 2.75) is 18.8 Å². The van der Waals surface area contributed by atoms with Gasteiger partial charge in [-0.2, -0.15) is 4.98 Å². The van der Waals surface area contributed by atoms with Crippen molar-refractivity contribution in [2.24, 2.45) is 0 Å². The van der Waals surface area contributed by atoms with E-state index in [4.69, 9.17) is 38.2 Å². The first-order chi connectivity index (χ1) is 9.65. The first-order valence-electron chi connectivity index (χ1n) is 6.31. The molecule has 0 amide bonds. The van der Waals surface area contributed by atoms with E-state index in [-0.39, 0.29) is 5.92 Å². The molecule has 1 aromatic carbocycles. The summed E-state index contributed by atoms with van der Waals surface area (Å²) in [6, 6.07) is 3.33. The largest absolute Gasteiger partial charge is 0.396 e. The van der Waals surface area contributed by atoms with E-state index in [0.29, 0.717) is 39.6 Å². The number of halogens is 2. The Labute approximate surface area is 126 Å².